The molecule has 0 heterocycles. The van der Waals surface area contributed by atoms with Crippen LogP contribution in [0.25, 0.3) is 0 Å². The van der Waals surface area contributed by atoms with Crippen LogP contribution in [0.2, 0.25) is 0 Å². The van der Waals surface area contributed by atoms with Gasteiger partial charge in [-0.15, -0.1) is 0 Å². The van der Waals surface area contributed by atoms with Crippen molar-refractivity contribution < 1.29 is 14.7 Å². The molecule has 0 radical (unpaired) electrons. The van der Waals surface area contributed by atoms with Crippen LogP contribution in [0.15, 0.2) is 0 Å². The summed E-state index contributed by atoms with van der Waals surface area (Å²) in [5.74, 6) is -0.468. The zero-order chi connectivity index (χ0) is 14.3. The number of amides is 2. The summed E-state index contributed by atoms with van der Waals surface area (Å²) in [5, 5.41) is 14.4. The van der Waals surface area contributed by atoms with Crippen LogP contribution in [0.4, 0.5) is 4.79 Å². The van der Waals surface area contributed by atoms with Gasteiger partial charge >= 0.3 is 12.0 Å². The van der Waals surface area contributed by atoms with Gasteiger partial charge in [-0.05, 0) is 25.7 Å². The molecule has 1 aliphatic carbocycles. The quantitative estimate of drug-likeness (QED) is 0.563. The summed E-state index contributed by atoms with van der Waals surface area (Å²) >= 11 is 0. The second kappa shape index (κ2) is 8.02. The summed E-state index contributed by atoms with van der Waals surface area (Å²) in [6, 6.07) is -1.03. The second-order valence-corrected chi connectivity index (χ2v) is 5.58. The minimum Gasteiger partial charge on any atom is -0.480 e. The van der Waals surface area contributed by atoms with Crippen molar-refractivity contribution in [3.63, 3.8) is 0 Å². The average molecular weight is 270 g/mol. The molecule has 2 atom stereocenters. The van der Waals surface area contributed by atoms with Crippen LogP contribution in [0.3, 0.4) is 0 Å². The standard InChI is InChI=1S/C14H26N2O3/c1-3-4-5-6-10(2)15-14(19)16-12(13(17)18)9-11-7-8-11/h10-12H,3-9H2,1-2H3,(H,17,18)(H2,15,16,19)/t10?,12-/m0/s1. The van der Waals surface area contributed by atoms with Crippen molar-refractivity contribution >= 4 is 12.0 Å². The lowest BCUT2D eigenvalue weighted by atomic mass is 10.1. The molecule has 0 saturated heterocycles. The van der Waals surface area contributed by atoms with Crippen LogP contribution in [0.5, 0.6) is 0 Å². The number of carbonyl (C=O) groups is 2. The van der Waals surface area contributed by atoms with Crippen molar-refractivity contribution in [1.82, 2.24) is 10.6 Å². The van der Waals surface area contributed by atoms with E-state index in [4.69, 9.17) is 5.11 Å². The summed E-state index contributed by atoms with van der Waals surface area (Å²) in [7, 11) is 0. The van der Waals surface area contributed by atoms with Crippen LogP contribution < -0.4 is 10.6 Å². The third-order valence-corrected chi connectivity index (χ3v) is 3.49. The van der Waals surface area contributed by atoms with Gasteiger partial charge in [0.15, 0.2) is 0 Å². The van der Waals surface area contributed by atoms with E-state index in [1.54, 1.807) is 0 Å². The van der Waals surface area contributed by atoms with E-state index in [9.17, 15) is 9.59 Å². The van der Waals surface area contributed by atoms with E-state index in [0.717, 1.165) is 38.5 Å². The molecule has 1 unspecified atom stereocenters. The van der Waals surface area contributed by atoms with Gasteiger partial charge in [-0.25, -0.2) is 9.59 Å². The first-order valence-electron chi connectivity index (χ1n) is 7.32. The maximum Gasteiger partial charge on any atom is 0.326 e. The molecular weight excluding hydrogens is 244 g/mol. The predicted octanol–water partition coefficient (Wildman–Crippen LogP) is 2.51. The second-order valence-electron chi connectivity index (χ2n) is 5.58. The molecule has 0 spiro atoms. The first-order valence-corrected chi connectivity index (χ1v) is 7.32. The predicted molar refractivity (Wildman–Crippen MR) is 74.0 cm³/mol. The fourth-order valence-electron chi connectivity index (χ4n) is 2.10. The van der Waals surface area contributed by atoms with Crippen LogP contribution in [0.1, 0.15) is 58.8 Å². The van der Waals surface area contributed by atoms with E-state index in [1.165, 1.54) is 0 Å². The van der Waals surface area contributed by atoms with Crippen molar-refractivity contribution in [3.8, 4) is 0 Å². The first-order chi connectivity index (χ1) is 9.02. The molecular formula is C14H26N2O3. The third kappa shape index (κ3) is 7.03. The summed E-state index contributed by atoms with van der Waals surface area (Å²) in [6.45, 7) is 4.09. The highest BCUT2D eigenvalue weighted by Crippen LogP contribution is 2.33. The molecule has 1 saturated carbocycles. The largest absolute Gasteiger partial charge is 0.480 e. The van der Waals surface area contributed by atoms with E-state index >= 15 is 0 Å². The zero-order valence-electron chi connectivity index (χ0n) is 11.9. The van der Waals surface area contributed by atoms with E-state index in [-0.39, 0.29) is 12.1 Å². The molecule has 110 valence electrons. The number of rotatable bonds is 9. The normalized spacial score (nSPS) is 17.6. The van der Waals surface area contributed by atoms with Gasteiger partial charge < -0.3 is 15.7 Å². The van der Waals surface area contributed by atoms with Crippen LogP contribution in [-0.4, -0.2) is 29.2 Å². The van der Waals surface area contributed by atoms with Gasteiger partial charge in [-0.1, -0.05) is 39.0 Å². The highest BCUT2D eigenvalue weighted by molar-refractivity contribution is 5.82. The Morgan fingerprint density at radius 3 is 2.47 bits per heavy atom. The highest BCUT2D eigenvalue weighted by Gasteiger charge is 2.30. The molecule has 0 bridgehead atoms. The van der Waals surface area contributed by atoms with Gasteiger partial charge in [0.05, 0.1) is 0 Å². The maximum absolute atomic E-state index is 11.7. The molecule has 0 aromatic heterocycles. The van der Waals surface area contributed by atoms with E-state index in [2.05, 4.69) is 17.6 Å². The number of nitrogens with one attached hydrogen (secondary N) is 2. The Bertz CT molecular complexity index is 303. The Morgan fingerprint density at radius 2 is 1.95 bits per heavy atom. The topological polar surface area (TPSA) is 78.4 Å². The summed E-state index contributed by atoms with van der Waals surface area (Å²) in [5.41, 5.74) is 0. The summed E-state index contributed by atoms with van der Waals surface area (Å²) < 4.78 is 0. The smallest absolute Gasteiger partial charge is 0.326 e. The van der Waals surface area contributed by atoms with E-state index in [1.807, 2.05) is 6.92 Å². The van der Waals surface area contributed by atoms with Gasteiger partial charge in [0.1, 0.15) is 6.04 Å². The van der Waals surface area contributed by atoms with Crippen LogP contribution in [-0.2, 0) is 4.79 Å². The molecule has 1 aliphatic rings. The molecule has 19 heavy (non-hydrogen) atoms. The van der Waals surface area contributed by atoms with Gasteiger partial charge in [-0.3, -0.25) is 0 Å². The Balaban J connectivity index is 2.24. The minimum atomic E-state index is -0.944. The van der Waals surface area contributed by atoms with Crippen molar-refractivity contribution in [2.45, 2.75) is 70.9 Å². The molecule has 3 N–H and O–H groups in total. The van der Waals surface area contributed by atoms with Gasteiger partial charge in [-0.2, -0.15) is 0 Å². The van der Waals surface area contributed by atoms with Crippen LogP contribution >= 0.6 is 0 Å². The molecule has 0 aliphatic heterocycles. The van der Waals surface area contributed by atoms with Gasteiger partial charge in [0, 0.05) is 6.04 Å². The SMILES string of the molecule is CCCCCC(C)NC(=O)N[C@@H](CC1CC1)C(=O)O. The number of carbonyl (C=O) groups excluding carboxylic acids is 1. The fourth-order valence-corrected chi connectivity index (χ4v) is 2.10. The maximum atomic E-state index is 11.7. The summed E-state index contributed by atoms with van der Waals surface area (Å²) in [6.07, 6.45) is 7.05. The highest BCUT2D eigenvalue weighted by atomic mass is 16.4. The molecule has 1 fully saturated rings. The van der Waals surface area contributed by atoms with Crippen molar-refractivity contribution in [2.24, 2.45) is 5.92 Å². The number of hydrogen-bond donors (Lipinski definition) is 3. The number of carboxylic acids is 1. The summed E-state index contributed by atoms with van der Waals surface area (Å²) in [4.78, 5) is 22.8. The van der Waals surface area contributed by atoms with Crippen molar-refractivity contribution in [2.75, 3.05) is 0 Å². The number of aliphatic carboxylic acids is 1. The number of urea groups is 1. The van der Waals surface area contributed by atoms with Crippen molar-refractivity contribution in [3.05, 3.63) is 0 Å². The average Bonchev–Trinajstić information content (AvgIpc) is 3.12. The minimum absolute atomic E-state index is 0.0851. The Kier molecular flexibility index (Phi) is 6.67. The number of hydrogen-bond acceptors (Lipinski definition) is 2. The van der Waals surface area contributed by atoms with Crippen LogP contribution in [0, 0.1) is 5.92 Å². The molecule has 5 nitrogen and oxygen atoms in total. The van der Waals surface area contributed by atoms with E-state index < -0.39 is 12.0 Å². The lowest BCUT2D eigenvalue weighted by Gasteiger charge is -2.18. The third-order valence-electron chi connectivity index (χ3n) is 3.49. The lowest BCUT2D eigenvalue weighted by Crippen LogP contribution is -2.48. The molecule has 0 aromatic carbocycles. The molecule has 0 aromatic rings. The Morgan fingerprint density at radius 1 is 1.26 bits per heavy atom. The van der Waals surface area contributed by atoms with E-state index in [0.29, 0.717) is 12.3 Å². The Labute approximate surface area is 115 Å². The molecule has 2 amide bonds. The van der Waals surface area contributed by atoms with Gasteiger partial charge in [0.25, 0.3) is 0 Å². The van der Waals surface area contributed by atoms with Crippen molar-refractivity contribution in [1.29, 1.82) is 0 Å². The van der Waals surface area contributed by atoms with Gasteiger partial charge in [0.2, 0.25) is 0 Å². The molecule has 5 heteroatoms. The number of unbranched alkanes of at least 4 members (excludes halogenated alkanes) is 2. The zero-order valence-corrected chi connectivity index (χ0v) is 11.9. The first kappa shape index (κ1) is 15.8. The monoisotopic (exact) mass is 270 g/mol. The molecule has 1 rings (SSSR count). The number of carboxylic acid groups (broad SMARTS) is 1. The Hall–Kier alpha value is -1.26. The fraction of sp³-hybridized carbons (Fsp3) is 0.857. The lowest BCUT2D eigenvalue weighted by molar-refractivity contribution is -0.139.